The van der Waals surface area contributed by atoms with Gasteiger partial charge in [0.1, 0.15) is 11.4 Å². The Morgan fingerprint density at radius 3 is 2.54 bits per heavy atom. The van der Waals surface area contributed by atoms with Crippen LogP contribution < -0.4 is 4.74 Å². The normalized spacial score (nSPS) is 14.7. The number of hydrogen-bond donors (Lipinski definition) is 0. The van der Waals surface area contributed by atoms with Gasteiger partial charge in [-0.05, 0) is 49.1 Å². The highest BCUT2D eigenvalue weighted by atomic mass is 16.5. The first kappa shape index (κ1) is 19.7. The Bertz CT molecular complexity index is 907. The molecule has 0 aliphatic heterocycles. The molecular formula is C22H26N2O4. The second kappa shape index (κ2) is 8.33. The van der Waals surface area contributed by atoms with Crippen LogP contribution in [0.1, 0.15) is 45.4 Å². The molecule has 148 valence electrons. The molecule has 1 heterocycles. The standard InChI is InChI=1S/C22H26N2O4/c1-5-28-22(26)19-12-16-8-9-17(14-23(2)3)21(25)20(16)24(19)13-15-6-10-18(27-4)11-7-15/h6-7,10-12,14H,5,8-9,13H2,1-4H3/b17-14+. The van der Waals surface area contributed by atoms with Gasteiger partial charge in [0.15, 0.2) is 0 Å². The van der Waals surface area contributed by atoms with Gasteiger partial charge in [-0.2, -0.15) is 0 Å². The average molecular weight is 382 g/mol. The first-order valence-corrected chi connectivity index (χ1v) is 9.38. The minimum atomic E-state index is -0.406. The number of aryl methyl sites for hydroxylation is 1. The summed E-state index contributed by atoms with van der Waals surface area (Å²) < 4.78 is 12.2. The molecule has 6 heteroatoms. The Balaban J connectivity index is 2.06. The van der Waals surface area contributed by atoms with E-state index in [4.69, 9.17) is 9.47 Å². The minimum Gasteiger partial charge on any atom is -0.497 e. The van der Waals surface area contributed by atoms with E-state index in [-0.39, 0.29) is 12.4 Å². The van der Waals surface area contributed by atoms with Crippen molar-refractivity contribution < 1.29 is 19.1 Å². The van der Waals surface area contributed by atoms with Crippen molar-refractivity contribution in [3.63, 3.8) is 0 Å². The molecule has 0 spiro atoms. The molecule has 0 atom stereocenters. The summed E-state index contributed by atoms with van der Waals surface area (Å²) in [5, 5.41) is 0. The molecule has 1 aliphatic carbocycles. The topological polar surface area (TPSA) is 60.8 Å². The average Bonchev–Trinajstić information content (AvgIpc) is 3.04. The summed E-state index contributed by atoms with van der Waals surface area (Å²) in [5.41, 5.74) is 3.63. The molecular weight excluding hydrogens is 356 g/mol. The summed E-state index contributed by atoms with van der Waals surface area (Å²) in [5.74, 6) is 0.326. The number of benzene rings is 1. The Kier molecular flexibility index (Phi) is 5.87. The van der Waals surface area contributed by atoms with Crippen molar-refractivity contribution >= 4 is 11.8 Å². The second-order valence-corrected chi connectivity index (χ2v) is 7.01. The van der Waals surface area contributed by atoms with Crippen LogP contribution in [-0.4, -0.2) is 49.0 Å². The van der Waals surface area contributed by atoms with E-state index < -0.39 is 5.97 Å². The number of ketones is 1. The molecule has 3 rings (SSSR count). The van der Waals surface area contributed by atoms with Crippen molar-refractivity contribution in [3.05, 3.63) is 64.6 Å². The molecule has 1 aromatic heterocycles. The van der Waals surface area contributed by atoms with E-state index >= 15 is 0 Å². The third-order valence-corrected chi connectivity index (χ3v) is 4.74. The largest absolute Gasteiger partial charge is 0.497 e. The second-order valence-electron chi connectivity index (χ2n) is 7.01. The van der Waals surface area contributed by atoms with E-state index in [9.17, 15) is 9.59 Å². The number of aromatic nitrogens is 1. The molecule has 0 saturated carbocycles. The Labute approximate surface area is 165 Å². The van der Waals surface area contributed by atoms with E-state index in [0.29, 0.717) is 24.4 Å². The first-order valence-electron chi connectivity index (χ1n) is 9.38. The lowest BCUT2D eigenvalue weighted by Crippen LogP contribution is -2.22. The summed E-state index contributed by atoms with van der Waals surface area (Å²) in [6.07, 6.45) is 3.25. The first-order chi connectivity index (χ1) is 13.4. The fourth-order valence-corrected chi connectivity index (χ4v) is 3.49. The number of esters is 1. The number of hydrogen-bond acceptors (Lipinski definition) is 5. The van der Waals surface area contributed by atoms with Crippen LogP contribution in [0.2, 0.25) is 0 Å². The van der Waals surface area contributed by atoms with Crippen molar-refractivity contribution in [1.29, 1.82) is 0 Å². The van der Waals surface area contributed by atoms with Gasteiger partial charge in [0.05, 0.1) is 19.4 Å². The van der Waals surface area contributed by atoms with Gasteiger partial charge >= 0.3 is 5.97 Å². The van der Waals surface area contributed by atoms with Gasteiger partial charge in [-0.3, -0.25) is 4.79 Å². The lowest BCUT2D eigenvalue weighted by molar-refractivity contribution is 0.0514. The molecule has 0 saturated heterocycles. The SMILES string of the molecule is CCOC(=O)c1cc2c(n1Cc1ccc(OC)cc1)C(=O)/C(=C/N(C)C)CC2. The smallest absolute Gasteiger partial charge is 0.354 e. The Morgan fingerprint density at radius 1 is 1.21 bits per heavy atom. The molecule has 0 amide bonds. The summed E-state index contributed by atoms with van der Waals surface area (Å²) in [6.45, 7) is 2.48. The predicted molar refractivity (Wildman–Crippen MR) is 107 cm³/mol. The van der Waals surface area contributed by atoms with E-state index in [2.05, 4.69) is 0 Å². The number of Topliss-reactive ketones (excluding diaryl/α,β-unsaturated/α-hetero) is 1. The fraction of sp³-hybridized carbons (Fsp3) is 0.364. The van der Waals surface area contributed by atoms with Crippen LogP contribution in [0.5, 0.6) is 5.75 Å². The van der Waals surface area contributed by atoms with Crippen LogP contribution in [0.15, 0.2) is 42.1 Å². The van der Waals surface area contributed by atoms with Gasteiger partial charge in [0.2, 0.25) is 5.78 Å². The van der Waals surface area contributed by atoms with Gasteiger partial charge in [0.25, 0.3) is 0 Å². The summed E-state index contributed by atoms with van der Waals surface area (Å²) in [4.78, 5) is 27.6. The Hall–Kier alpha value is -3.02. The van der Waals surface area contributed by atoms with E-state index in [1.165, 1.54) is 0 Å². The third-order valence-electron chi connectivity index (χ3n) is 4.74. The number of carbonyl (C=O) groups is 2. The highest BCUT2D eigenvalue weighted by molar-refractivity contribution is 6.10. The number of carbonyl (C=O) groups excluding carboxylic acids is 2. The molecule has 0 bridgehead atoms. The molecule has 28 heavy (non-hydrogen) atoms. The molecule has 0 radical (unpaired) electrons. The molecule has 0 unspecified atom stereocenters. The number of allylic oxidation sites excluding steroid dienone is 1. The van der Waals surface area contributed by atoms with Crippen molar-refractivity contribution in [3.8, 4) is 5.75 Å². The number of methoxy groups -OCH3 is 1. The number of fused-ring (bicyclic) bond motifs is 1. The monoisotopic (exact) mass is 382 g/mol. The quantitative estimate of drug-likeness (QED) is 0.567. The fourth-order valence-electron chi connectivity index (χ4n) is 3.49. The van der Waals surface area contributed by atoms with Crippen molar-refractivity contribution in [2.24, 2.45) is 0 Å². The van der Waals surface area contributed by atoms with Crippen LogP contribution in [0, 0.1) is 0 Å². The van der Waals surface area contributed by atoms with Gasteiger partial charge in [0, 0.05) is 32.4 Å². The highest BCUT2D eigenvalue weighted by Crippen LogP contribution is 2.30. The van der Waals surface area contributed by atoms with E-state index in [0.717, 1.165) is 28.9 Å². The van der Waals surface area contributed by atoms with Crippen LogP contribution in [0.25, 0.3) is 0 Å². The lowest BCUT2D eigenvalue weighted by Gasteiger charge is -2.19. The molecule has 6 nitrogen and oxygen atoms in total. The van der Waals surface area contributed by atoms with Gasteiger partial charge < -0.3 is 18.9 Å². The van der Waals surface area contributed by atoms with Crippen LogP contribution in [0.4, 0.5) is 0 Å². The summed E-state index contributed by atoms with van der Waals surface area (Å²) in [7, 11) is 5.42. The molecule has 1 aliphatic rings. The van der Waals surface area contributed by atoms with E-state index in [1.807, 2.05) is 49.5 Å². The summed E-state index contributed by atoms with van der Waals surface area (Å²) >= 11 is 0. The van der Waals surface area contributed by atoms with Crippen molar-refractivity contribution in [1.82, 2.24) is 9.47 Å². The zero-order valence-corrected chi connectivity index (χ0v) is 16.8. The van der Waals surface area contributed by atoms with Crippen molar-refractivity contribution in [2.45, 2.75) is 26.3 Å². The number of nitrogens with zero attached hydrogens (tertiary/aromatic N) is 2. The highest BCUT2D eigenvalue weighted by Gasteiger charge is 2.30. The van der Waals surface area contributed by atoms with Crippen LogP contribution >= 0.6 is 0 Å². The molecule has 0 fully saturated rings. The molecule has 1 aromatic carbocycles. The maximum absolute atomic E-state index is 13.2. The molecule has 0 N–H and O–H groups in total. The Morgan fingerprint density at radius 2 is 1.93 bits per heavy atom. The summed E-state index contributed by atoms with van der Waals surface area (Å²) in [6, 6.07) is 9.41. The van der Waals surface area contributed by atoms with Gasteiger partial charge in [-0.1, -0.05) is 12.1 Å². The van der Waals surface area contributed by atoms with E-state index in [1.54, 1.807) is 24.7 Å². The number of ether oxygens (including phenoxy) is 2. The van der Waals surface area contributed by atoms with Crippen LogP contribution in [0.3, 0.4) is 0 Å². The minimum absolute atomic E-state index is 0.0287. The van der Waals surface area contributed by atoms with Crippen molar-refractivity contribution in [2.75, 3.05) is 27.8 Å². The van der Waals surface area contributed by atoms with Gasteiger partial charge in [-0.15, -0.1) is 0 Å². The van der Waals surface area contributed by atoms with Crippen LogP contribution in [-0.2, 0) is 17.7 Å². The zero-order valence-electron chi connectivity index (χ0n) is 16.8. The number of rotatable bonds is 6. The maximum atomic E-state index is 13.2. The molecule has 2 aromatic rings. The zero-order chi connectivity index (χ0) is 20.3. The predicted octanol–water partition coefficient (Wildman–Crippen LogP) is 3.30. The lowest BCUT2D eigenvalue weighted by atomic mass is 9.92. The maximum Gasteiger partial charge on any atom is 0.354 e. The third kappa shape index (κ3) is 3.96. The van der Waals surface area contributed by atoms with Gasteiger partial charge in [-0.25, -0.2) is 4.79 Å².